The van der Waals surface area contributed by atoms with E-state index in [1.54, 1.807) is 24.3 Å². The predicted molar refractivity (Wildman–Crippen MR) is 109 cm³/mol. The van der Waals surface area contributed by atoms with Gasteiger partial charge in [-0.2, -0.15) is 5.26 Å². The number of carbonyl (C=O) groups is 2. The van der Waals surface area contributed by atoms with Gasteiger partial charge in [0.2, 0.25) is 0 Å². The van der Waals surface area contributed by atoms with Gasteiger partial charge in [0, 0.05) is 17.6 Å². The summed E-state index contributed by atoms with van der Waals surface area (Å²) in [4.78, 5) is 23.0. The summed E-state index contributed by atoms with van der Waals surface area (Å²) < 4.78 is 0. The number of hydrogen-bond donors (Lipinski definition) is 3. The number of nitrogens with zero attached hydrogens (tertiary/aromatic N) is 1. The Bertz CT molecular complexity index is 879. The summed E-state index contributed by atoms with van der Waals surface area (Å²) in [6.07, 6.45) is 4.53. The fourth-order valence-electron chi connectivity index (χ4n) is 2.53. The molecule has 0 saturated heterocycles. The van der Waals surface area contributed by atoms with E-state index >= 15 is 0 Å². The average molecular weight is 377 g/mol. The van der Waals surface area contributed by atoms with Crippen molar-refractivity contribution in [1.82, 2.24) is 0 Å². The Morgan fingerprint density at radius 3 is 2.21 bits per heavy atom. The van der Waals surface area contributed by atoms with Gasteiger partial charge in [-0.1, -0.05) is 37.6 Å². The Balaban J connectivity index is 1.96. The minimum absolute atomic E-state index is 0.0563. The number of aliphatic carboxylic acids is 1. The second-order valence-electron chi connectivity index (χ2n) is 6.34. The van der Waals surface area contributed by atoms with Gasteiger partial charge in [-0.05, 0) is 48.2 Å². The van der Waals surface area contributed by atoms with Crippen LogP contribution < -0.4 is 10.6 Å². The molecule has 0 heterocycles. The number of unbranched alkanes of at least 4 members (excludes halogenated alkanes) is 1. The van der Waals surface area contributed by atoms with Crippen molar-refractivity contribution in [1.29, 1.82) is 5.26 Å². The first-order valence-electron chi connectivity index (χ1n) is 9.09. The highest BCUT2D eigenvalue weighted by Gasteiger charge is 2.09. The quantitative estimate of drug-likeness (QED) is 0.451. The van der Waals surface area contributed by atoms with Crippen molar-refractivity contribution >= 4 is 23.3 Å². The largest absolute Gasteiger partial charge is 0.481 e. The van der Waals surface area contributed by atoms with Crippen LogP contribution in [-0.2, 0) is 22.4 Å². The van der Waals surface area contributed by atoms with Gasteiger partial charge in [0.25, 0.3) is 5.91 Å². The maximum atomic E-state index is 12.3. The standard InChI is InChI=1S/C22H23N3O3/c1-2-3-4-16-5-11-20(12-6-16)25-22(28)18(14-23)15-24-19-9-7-17(8-10-19)13-21(26)27/h5-12,15,24H,2-4,13H2,1H3,(H,25,28)(H,26,27)/b18-15-. The van der Waals surface area contributed by atoms with Crippen LogP contribution in [0.4, 0.5) is 11.4 Å². The molecule has 0 bridgehead atoms. The third-order valence-corrected chi connectivity index (χ3v) is 4.09. The molecule has 0 aliphatic heterocycles. The lowest BCUT2D eigenvalue weighted by Gasteiger charge is -2.07. The third kappa shape index (κ3) is 6.61. The van der Waals surface area contributed by atoms with Crippen LogP contribution in [0.2, 0.25) is 0 Å². The smallest absolute Gasteiger partial charge is 0.307 e. The van der Waals surface area contributed by atoms with E-state index in [4.69, 9.17) is 5.11 Å². The number of nitrogens with one attached hydrogen (secondary N) is 2. The Morgan fingerprint density at radius 1 is 1.04 bits per heavy atom. The maximum Gasteiger partial charge on any atom is 0.307 e. The van der Waals surface area contributed by atoms with Gasteiger partial charge in [-0.15, -0.1) is 0 Å². The number of aryl methyl sites for hydroxylation is 1. The maximum absolute atomic E-state index is 12.3. The van der Waals surface area contributed by atoms with Crippen molar-refractivity contribution < 1.29 is 14.7 Å². The lowest BCUT2D eigenvalue weighted by atomic mass is 10.1. The number of benzene rings is 2. The molecule has 2 aromatic rings. The van der Waals surface area contributed by atoms with Gasteiger partial charge >= 0.3 is 5.97 Å². The summed E-state index contributed by atoms with van der Waals surface area (Å²) in [5, 5.41) is 23.6. The number of rotatable bonds is 9. The van der Waals surface area contributed by atoms with Gasteiger partial charge in [-0.25, -0.2) is 0 Å². The van der Waals surface area contributed by atoms with Crippen LogP contribution in [0.3, 0.4) is 0 Å². The first-order chi connectivity index (χ1) is 13.5. The summed E-state index contributed by atoms with van der Waals surface area (Å²) in [5.74, 6) is -1.40. The van der Waals surface area contributed by atoms with Crippen molar-refractivity contribution in [3.8, 4) is 6.07 Å². The molecule has 6 heteroatoms. The van der Waals surface area contributed by atoms with E-state index in [1.165, 1.54) is 11.8 Å². The summed E-state index contributed by atoms with van der Waals surface area (Å²) in [6, 6.07) is 16.2. The molecule has 1 amide bonds. The monoisotopic (exact) mass is 377 g/mol. The molecule has 3 N–H and O–H groups in total. The Morgan fingerprint density at radius 2 is 1.64 bits per heavy atom. The van der Waals surface area contributed by atoms with E-state index in [2.05, 4.69) is 17.6 Å². The summed E-state index contributed by atoms with van der Waals surface area (Å²) in [7, 11) is 0. The van der Waals surface area contributed by atoms with E-state index in [0.717, 1.165) is 19.3 Å². The third-order valence-electron chi connectivity index (χ3n) is 4.09. The van der Waals surface area contributed by atoms with Crippen molar-refractivity contribution in [3.05, 3.63) is 71.4 Å². The van der Waals surface area contributed by atoms with E-state index in [0.29, 0.717) is 16.9 Å². The molecule has 0 aromatic heterocycles. The zero-order valence-corrected chi connectivity index (χ0v) is 15.7. The first kappa shape index (κ1) is 20.7. The highest BCUT2D eigenvalue weighted by Crippen LogP contribution is 2.14. The molecule has 6 nitrogen and oxygen atoms in total. The van der Waals surface area contributed by atoms with E-state index in [1.807, 2.05) is 30.3 Å². The van der Waals surface area contributed by atoms with Crippen LogP contribution in [0.15, 0.2) is 60.3 Å². The number of anilines is 2. The summed E-state index contributed by atoms with van der Waals surface area (Å²) in [5.41, 5.74) is 3.09. The first-order valence-corrected chi connectivity index (χ1v) is 9.09. The van der Waals surface area contributed by atoms with Gasteiger partial charge in [0.1, 0.15) is 11.6 Å². The predicted octanol–water partition coefficient (Wildman–Crippen LogP) is 4.11. The number of hydrogen-bond acceptors (Lipinski definition) is 4. The molecule has 0 fully saturated rings. The molecular formula is C22H23N3O3. The molecule has 0 saturated carbocycles. The van der Waals surface area contributed by atoms with Crippen LogP contribution in [-0.4, -0.2) is 17.0 Å². The zero-order chi connectivity index (χ0) is 20.4. The van der Waals surface area contributed by atoms with Crippen LogP contribution in [0.5, 0.6) is 0 Å². The number of amides is 1. The summed E-state index contributed by atoms with van der Waals surface area (Å²) >= 11 is 0. The van der Waals surface area contributed by atoms with Gasteiger partial charge in [-0.3, -0.25) is 9.59 Å². The lowest BCUT2D eigenvalue weighted by molar-refractivity contribution is -0.136. The van der Waals surface area contributed by atoms with Gasteiger partial charge in [0.05, 0.1) is 6.42 Å². The SMILES string of the molecule is CCCCc1ccc(NC(=O)/C(C#N)=C\Nc2ccc(CC(=O)O)cc2)cc1. The van der Waals surface area contributed by atoms with Gasteiger partial charge in [0.15, 0.2) is 0 Å². The van der Waals surface area contributed by atoms with Crippen LogP contribution in [0, 0.1) is 11.3 Å². The number of carboxylic acid groups (broad SMARTS) is 1. The number of carboxylic acids is 1. The second kappa shape index (κ2) is 10.5. The van der Waals surface area contributed by atoms with Crippen LogP contribution >= 0.6 is 0 Å². The molecule has 0 unspecified atom stereocenters. The molecular weight excluding hydrogens is 354 g/mol. The Labute approximate surface area is 164 Å². The highest BCUT2D eigenvalue weighted by atomic mass is 16.4. The van der Waals surface area contributed by atoms with E-state index in [-0.39, 0.29) is 12.0 Å². The average Bonchev–Trinajstić information content (AvgIpc) is 2.69. The Kier molecular flexibility index (Phi) is 7.79. The molecule has 0 aliphatic rings. The normalized spacial score (nSPS) is 10.8. The molecule has 2 aromatic carbocycles. The molecule has 2 rings (SSSR count). The number of carbonyl (C=O) groups excluding carboxylic acids is 1. The molecule has 0 radical (unpaired) electrons. The van der Waals surface area contributed by atoms with Crippen molar-refractivity contribution in [2.24, 2.45) is 0 Å². The van der Waals surface area contributed by atoms with Crippen LogP contribution in [0.25, 0.3) is 0 Å². The van der Waals surface area contributed by atoms with Crippen molar-refractivity contribution in [2.75, 3.05) is 10.6 Å². The minimum Gasteiger partial charge on any atom is -0.481 e. The zero-order valence-electron chi connectivity index (χ0n) is 15.7. The van der Waals surface area contributed by atoms with E-state index in [9.17, 15) is 14.9 Å². The topological polar surface area (TPSA) is 102 Å². The Hall–Kier alpha value is -3.59. The second-order valence-corrected chi connectivity index (χ2v) is 6.34. The molecule has 0 atom stereocenters. The molecule has 0 aliphatic carbocycles. The summed E-state index contributed by atoms with van der Waals surface area (Å²) in [6.45, 7) is 2.14. The van der Waals surface area contributed by atoms with Gasteiger partial charge < -0.3 is 15.7 Å². The fraction of sp³-hybridized carbons (Fsp3) is 0.227. The fourth-order valence-corrected chi connectivity index (χ4v) is 2.53. The van der Waals surface area contributed by atoms with Crippen molar-refractivity contribution in [2.45, 2.75) is 32.6 Å². The number of nitriles is 1. The van der Waals surface area contributed by atoms with E-state index < -0.39 is 11.9 Å². The minimum atomic E-state index is -0.901. The van der Waals surface area contributed by atoms with Crippen molar-refractivity contribution in [3.63, 3.8) is 0 Å². The lowest BCUT2D eigenvalue weighted by Crippen LogP contribution is -2.14. The highest BCUT2D eigenvalue weighted by molar-refractivity contribution is 6.06. The molecule has 28 heavy (non-hydrogen) atoms. The molecule has 0 spiro atoms. The molecule has 144 valence electrons. The van der Waals surface area contributed by atoms with Crippen LogP contribution in [0.1, 0.15) is 30.9 Å².